The monoisotopic (exact) mass is 333 g/mol. The van der Waals surface area contributed by atoms with E-state index < -0.39 is 0 Å². The van der Waals surface area contributed by atoms with Gasteiger partial charge in [-0.05, 0) is 29.5 Å². The third-order valence-corrected chi connectivity index (χ3v) is 3.77. The van der Waals surface area contributed by atoms with Gasteiger partial charge < -0.3 is 5.32 Å². The number of nitrogens with one attached hydrogen (secondary N) is 2. The summed E-state index contributed by atoms with van der Waals surface area (Å²) in [5, 5.41) is 17.0. The lowest BCUT2D eigenvalue weighted by atomic mass is 10.1. The fourth-order valence-corrected chi connectivity index (χ4v) is 2.20. The fourth-order valence-electron chi connectivity index (χ4n) is 1.85. The summed E-state index contributed by atoms with van der Waals surface area (Å²) in [6.07, 6.45) is 0. The Morgan fingerprint density at radius 1 is 1.09 bits per heavy atom. The van der Waals surface area contributed by atoms with Crippen molar-refractivity contribution in [3.05, 3.63) is 58.1 Å². The largest absolute Gasteiger partial charge is 0.321 e. The maximum atomic E-state index is 12.2. The molecule has 0 fully saturated rings. The maximum absolute atomic E-state index is 12.2. The summed E-state index contributed by atoms with van der Waals surface area (Å²) in [6, 6.07) is 11.8. The number of halogens is 2. The van der Waals surface area contributed by atoms with E-state index in [9.17, 15) is 4.79 Å². The lowest BCUT2D eigenvalue weighted by Gasteiger charge is -2.08. The Kier molecular flexibility index (Phi) is 4.04. The van der Waals surface area contributed by atoms with Gasteiger partial charge in [0.1, 0.15) is 0 Å². The molecule has 8 heteroatoms. The highest BCUT2D eigenvalue weighted by Gasteiger charge is 2.11. The van der Waals surface area contributed by atoms with Crippen molar-refractivity contribution in [2.45, 2.75) is 0 Å². The molecule has 0 unspecified atom stereocenters. The minimum absolute atomic E-state index is 0.288. The fraction of sp³-hybridized carbons (Fsp3) is 0. The first-order valence-electron chi connectivity index (χ1n) is 6.24. The molecule has 0 bridgehead atoms. The van der Waals surface area contributed by atoms with Gasteiger partial charge in [-0.3, -0.25) is 4.79 Å². The number of rotatable bonds is 3. The van der Waals surface area contributed by atoms with Gasteiger partial charge >= 0.3 is 0 Å². The minimum atomic E-state index is -0.288. The van der Waals surface area contributed by atoms with Crippen LogP contribution in [0, 0.1) is 0 Å². The molecule has 0 saturated heterocycles. The molecular weight excluding hydrogens is 325 g/mol. The van der Waals surface area contributed by atoms with E-state index in [1.807, 2.05) is 0 Å². The van der Waals surface area contributed by atoms with E-state index >= 15 is 0 Å². The van der Waals surface area contributed by atoms with Crippen LogP contribution in [0.2, 0.25) is 10.0 Å². The second-order valence-corrected chi connectivity index (χ2v) is 5.15. The minimum Gasteiger partial charge on any atom is -0.321 e. The molecule has 0 atom stereocenters. The molecule has 0 aliphatic heterocycles. The first kappa shape index (κ1) is 14.5. The first-order valence-corrected chi connectivity index (χ1v) is 7.00. The number of amides is 1. The highest BCUT2D eigenvalue weighted by atomic mass is 35.5. The Morgan fingerprint density at radius 2 is 1.86 bits per heavy atom. The van der Waals surface area contributed by atoms with Crippen LogP contribution in [0.25, 0.3) is 11.4 Å². The Hall–Kier alpha value is -2.44. The lowest BCUT2D eigenvalue weighted by Crippen LogP contribution is -2.12. The average Bonchev–Trinajstić information content (AvgIpc) is 3.06. The number of nitrogens with zero attached hydrogens (tertiary/aromatic N) is 3. The van der Waals surface area contributed by atoms with Crippen molar-refractivity contribution in [3.8, 4) is 11.4 Å². The molecule has 22 heavy (non-hydrogen) atoms. The second-order valence-electron chi connectivity index (χ2n) is 4.37. The van der Waals surface area contributed by atoms with E-state index in [1.165, 1.54) is 0 Å². The van der Waals surface area contributed by atoms with Crippen LogP contribution in [0.1, 0.15) is 10.4 Å². The third kappa shape index (κ3) is 2.93. The molecule has 3 aromatic rings. The van der Waals surface area contributed by atoms with Crippen molar-refractivity contribution in [3.63, 3.8) is 0 Å². The number of aromatic amines is 1. The Morgan fingerprint density at radius 3 is 2.55 bits per heavy atom. The summed E-state index contributed by atoms with van der Waals surface area (Å²) >= 11 is 12.0. The molecule has 1 heterocycles. The van der Waals surface area contributed by atoms with Crippen LogP contribution in [-0.4, -0.2) is 26.5 Å². The van der Waals surface area contributed by atoms with E-state index in [0.29, 0.717) is 27.1 Å². The number of tetrazole rings is 1. The lowest BCUT2D eigenvalue weighted by molar-refractivity contribution is 0.102. The van der Waals surface area contributed by atoms with Gasteiger partial charge in [0.2, 0.25) is 5.82 Å². The number of hydrogen-bond donors (Lipinski definition) is 2. The normalized spacial score (nSPS) is 10.5. The molecule has 6 nitrogen and oxygen atoms in total. The predicted octanol–water partition coefficient (Wildman–Crippen LogP) is 3.43. The van der Waals surface area contributed by atoms with Crippen molar-refractivity contribution in [2.24, 2.45) is 0 Å². The van der Waals surface area contributed by atoms with Gasteiger partial charge in [0.25, 0.3) is 5.91 Å². The smallest absolute Gasteiger partial charge is 0.255 e. The number of anilines is 1. The van der Waals surface area contributed by atoms with Gasteiger partial charge in [0, 0.05) is 11.1 Å². The summed E-state index contributed by atoms with van der Waals surface area (Å²) in [5.74, 6) is 0.175. The standard InChI is InChI=1S/C14H9Cl2N5O/c15-10-2-1-3-11(12(10)16)17-14(22)9-6-4-8(5-7-9)13-18-20-21-19-13/h1-7H,(H,17,22)(H,18,19,20,21). The summed E-state index contributed by atoms with van der Waals surface area (Å²) in [5.41, 5.74) is 1.69. The van der Waals surface area contributed by atoms with E-state index in [4.69, 9.17) is 23.2 Å². The zero-order valence-electron chi connectivity index (χ0n) is 11.0. The number of benzene rings is 2. The Labute approximate surface area is 135 Å². The molecule has 0 radical (unpaired) electrons. The highest BCUT2D eigenvalue weighted by Crippen LogP contribution is 2.29. The van der Waals surface area contributed by atoms with Crippen molar-refractivity contribution >= 4 is 34.8 Å². The molecule has 1 amide bonds. The van der Waals surface area contributed by atoms with Crippen LogP contribution in [0.15, 0.2) is 42.5 Å². The topological polar surface area (TPSA) is 83.6 Å². The average molecular weight is 334 g/mol. The number of aromatic nitrogens is 4. The number of hydrogen-bond acceptors (Lipinski definition) is 4. The molecule has 0 aliphatic rings. The van der Waals surface area contributed by atoms with E-state index in [2.05, 4.69) is 25.9 Å². The van der Waals surface area contributed by atoms with Crippen molar-refractivity contribution in [2.75, 3.05) is 5.32 Å². The molecular formula is C14H9Cl2N5O. The van der Waals surface area contributed by atoms with Crippen LogP contribution in [0.3, 0.4) is 0 Å². The van der Waals surface area contributed by atoms with Crippen LogP contribution in [-0.2, 0) is 0 Å². The quantitative estimate of drug-likeness (QED) is 0.769. The number of carbonyl (C=O) groups excluding carboxylic acids is 1. The van der Waals surface area contributed by atoms with E-state index in [1.54, 1.807) is 42.5 Å². The summed E-state index contributed by atoms with van der Waals surface area (Å²) in [6.45, 7) is 0. The van der Waals surface area contributed by atoms with Crippen LogP contribution < -0.4 is 5.32 Å². The summed E-state index contributed by atoms with van der Waals surface area (Å²) in [4.78, 5) is 12.2. The SMILES string of the molecule is O=C(Nc1cccc(Cl)c1Cl)c1ccc(-c2nn[nH]n2)cc1. The molecule has 0 spiro atoms. The van der Waals surface area contributed by atoms with Crippen LogP contribution >= 0.6 is 23.2 Å². The third-order valence-electron chi connectivity index (χ3n) is 2.95. The Bertz CT molecular complexity index is 803. The van der Waals surface area contributed by atoms with Crippen molar-refractivity contribution in [1.29, 1.82) is 0 Å². The van der Waals surface area contributed by atoms with Gasteiger partial charge in [0.15, 0.2) is 0 Å². The molecule has 3 rings (SSSR count). The highest BCUT2D eigenvalue weighted by molar-refractivity contribution is 6.44. The molecule has 2 N–H and O–H groups in total. The molecule has 0 saturated carbocycles. The zero-order chi connectivity index (χ0) is 15.5. The van der Waals surface area contributed by atoms with Crippen molar-refractivity contribution < 1.29 is 4.79 Å². The van der Waals surface area contributed by atoms with E-state index in [0.717, 1.165) is 5.56 Å². The van der Waals surface area contributed by atoms with E-state index in [-0.39, 0.29) is 5.91 Å². The molecule has 0 aliphatic carbocycles. The van der Waals surface area contributed by atoms with Gasteiger partial charge in [-0.25, -0.2) is 0 Å². The van der Waals surface area contributed by atoms with Crippen molar-refractivity contribution in [1.82, 2.24) is 20.6 Å². The van der Waals surface area contributed by atoms with Gasteiger partial charge in [-0.1, -0.05) is 41.4 Å². The molecule has 2 aromatic carbocycles. The Balaban J connectivity index is 1.79. The predicted molar refractivity (Wildman–Crippen MR) is 84.0 cm³/mol. The van der Waals surface area contributed by atoms with Crippen LogP contribution in [0.4, 0.5) is 5.69 Å². The summed E-state index contributed by atoms with van der Waals surface area (Å²) < 4.78 is 0. The van der Waals surface area contributed by atoms with Gasteiger partial charge in [0.05, 0.1) is 15.7 Å². The van der Waals surface area contributed by atoms with Gasteiger partial charge in [-0.2, -0.15) is 5.21 Å². The molecule has 1 aromatic heterocycles. The number of carbonyl (C=O) groups is 1. The maximum Gasteiger partial charge on any atom is 0.255 e. The first-order chi connectivity index (χ1) is 10.6. The van der Waals surface area contributed by atoms with Gasteiger partial charge in [-0.15, -0.1) is 10.2 Å². The summed E-state index contributed by atoms with van der Waals surface area (Å²) in [7, 11) is 0. The zero-order valence-corrected chi connectivity index (χ0v) is 12.6. The second kappa shape index (κ2) is 6.13. The van der Waals surface area contributed by atoms with Crippen LogP contribution in [0.5, 0.6) is 0 Å². The molecule has 110 valence electrons. The number of H-pyrrole nitrogens is 1.